The summed E-state index contributed by atoms with van der Waals surface area (Å²) < 4.78 is 6.01. The van der Waals surface area contributed by atoms with Crippen LogP contribution < -0.4 is 5.32 Å². The first-order valence-electron chi connectivity index (χ1n) is 9.60. The Balaban J connectivity index is 1.50. The minimum atomic E-state index is 0.573. The molecule has 0 aromatic carbocycles. The Labute approximate surface area is 132 Å². The second-order valence-corrected chi connectivity index (χ2v) is 7.65. The Hall–Kier alpha value is -0.0800. The average Bonchev–Trinajstić information content (AvgIpc) is 2.74. The lowest BCUT2D eigenvalue weighted by Gasteiger charge is -2.22. The number of ether oxygens (including phenoxy) is 1. The van der Waals surface area contributed by atoms with Gasteiger partial charge >= 0.3 is 0 Å². The Morgan fingerprint density at radius 1 is 0.905 bits per heavy atom. The van der Waals surface area contributed by atoms with Crippen molar-refractivity contribution < 1.29 is 4.74 Å². The van der Waals surface area contributed by atoms with Crippen molar-refractivity contribution in [2.24, 2.45) is 11.8 Å². The van der Waals surface area contributed by atoms with Crippen molar-refractivity contribution in [2.45, 2.75) is 96.6 Å². The van der Waals surface area contributed by atoms with Crippen LogP contribution in [0.2, 0.25) is 0 Å². The largest absolute Gasteiger partial charge is 0.378 e. The van der Waals surface area contributed by atoms with Crippen LogP contribution in [-0.2, 0) is 4.74 Å². The molecule has 0 bridgehead atoms. The maximum atomic E-state index is 6.01. The van der Waals surface area contributed by atoms with Gasteiger partial charge in [-0.15, -0.1) is 0 Å². The molecule has 2 fully saturated rings. The van der Waals surface area contributed by atoms with Crippen LogP contribution in [0.15, 0.2) is 0 Å². The molecule has 2 aliphatic rings. The van der Waals surface area contributed by atoms with Crippen molar-refractivity contribution in [3.05, 3.63) is 0 Å². The van der Waals surface area contributed by atoms with E-state index in [1.54, 1.807) is 0 Å². The van der Waals surface area contributed by atoms with E-state index in [9.17, 15) is 0 Å². The van der Waals surface area contributed by atoms with Gasteiger partial charge in [0.25, 0.3) is 0 Å². The summed E-state index contributed by atoms with van der Waals surface area (Å²) in [4.78, 5) is 0. The van der Waals surface area contributed by atoms with E-state index in [-0.39, 0.29) is 0 Å². The van der Waals surface area contributed by atoms with Crippen LogP contribution in [0.25, 0.3) is 0 Å². The van der Waals surface area contributed by atoms with Crippen LogP contribution in [0.1, 0.15) is 84.5 Å². The molecule has 2 rings (SSSR count). The van der Waals surface area contributed by atoms with Gasteiger partial charge in [-0.3, -0.25) is 0 Å². The molecule has 2 saturated carbocycles. The molecule has 21 heavy (non-hydrogen) atoms. The molecule has 0 radical (unpaired) electrons. The Morgan fingerprint density at radius 2 is 1.71 bits per heavy atom. The van der Waals surface area contributed by atoms with E-state index in [2.05, 4.69) is 19.2 Å². The van der Waals surface area contributed by atoms with Crippen molar-refractivity contribution >= 4 is 0 Å². The lowest BCUT2D eigenvalue weighted by molar-refractivity contribution is 0.0270. The molecule has 2 unspecified atom stereocenters. The molecule has 2 heteroatoms. The van der Waals surface area contributed by atoms with Gasteiger partial charge < -0.3 is 10.1 Å². The highest BCUT2D eigenvalue weighted by atomic mass is 16.5. The minimum absolute atomic E-state index is 0.573. The van der Waals surface area contributed by atoms with Gasteiger partial charge in [-0.25, -0.2) is 0 Å². The van der Waals surface area contributed by atoms with E-state index in [1.165, 1.54) is 70.6 Å². The molecule has 2 atom stereocenters. The van der Waals surface area contributed by atoms with Crippen LogP contribution in [0.3, 0.4) is 0 Å². The third kappa shape index (κ3) is 6.69. The monoisotopic (exact) mass is 295 g/mol. The summed E-state index contributed by atoms with van der Waals surface area (Å²) in [7, 11) is 0. The average molecular weight is 296 g/mol. The lowest BCUT2D eigenvalue weighted by Crippen LogP contribution is -2.30. The van der Waals surface area contributed by atoms with Crippen LogP contribution in [0.4, 0.5) is 0 Å². The van der Waals surface area contributed by atoms with E-state index in [0.717, 1.165) is 31.0 Å². The lowest BCUT2D eigenvalue weighted by atomic mass is 9.89. The molecule has 2 aliphatic carbocycles. The first-order chi connectivity index (χ1) is 10.3. The molecule has 0 spiro atoms. The fourth-order valence-electron chi connectivity index (χ4n) is 4.06. The highest BCUT2D eigenvalue weighted by molar-refractivity contribution is 4.76. The highest BCUT2D eigenvalue weighted by Crippen LogP contribution is 2.28. The van der Waals surface area contributed by atoms with Crippen LogP contribution in [0, 0.1) is 11.8 Å². The summed E-state index contributed by atoms with van der Waals surface area (Å²) >= 11 is 0. The second-order valence-electron chi connectivity index (χ2n) is 7.65. The first kappa shape index (κ1) is 17.3. The van der Waals surface area contributed by atoms with E-state index < -0.39 is 0 Å². The van der Waals surface area contributed by atoms with E-state index >= 15 is 0 Å². The minimum Gasteiger partial charge on any atom is -0.378 e. The molecule has 0 heterocycles. The summed E-state index contributed by atoms with van der Waals surface area (Å²) in [5.41, 5.74) is 0. The van der Waals surface area contributed by atoms with Crippen molar-refractivity contribution in [3.63, 3.8) is 0 Å². The number of hydrogen-bond acceptors (Lipinski definition) is 2. The van der Waals surface area contributed by atoms with Crippen molar-refractivity contribution in [1.82, 2.24) is 5.32 Å². The van der Waals surface area contributed by atoms with Gasteiger partial charge in [0.1, 0.15) is 0 Å². The molecular formula is C19H37NO. The molecule has 0 amide bonds. The van der Waals surface area contributed by atoms with E-state index in [4.69, 9.17) is 4.74 Å². The van der Waals surface area contributed by atoms with Crippen molar-refractivity contribution in [1.29, 1.82) is 0 Å². The molecule has 0 aliphatic heterocycles. The SMILES string of the molecule is CC(C)C1CCCC(NCCCOC2CCCCC2)CC1. The van der Waals surface area contributed by atoms with Crippen LogP contribution in [0.5, 0.6) is 0 Å². The first-order valence-corrected chi connectivity index (χ1v) is 9.60. The van der Waals surface area contributed by atoms with Gasteiger partial charge in [-0.2, -0.15) is 0 Å². The normalized spacial score (nSPS) is 28.7. The second kappa shape index (κ2) is 9.84. The van der Waals surface area contributed by atoms with Gasteiger partial charge in [0.15, 0.2) is 0 Å². The zero-order chi connectivity index (χ0) is 14.9. The molecular weight excluding hydrogens is 258 g/mol. The van der Waals surface area contributed by atoms with Crippen molar-refractivity contribution in [3.8, 4) is 0 Å². The fourth-order valence-corrected chi connectivity index (χ4v) is 4.06. The summed E-state index contributed by atoms with van der Waals surface area (Å²) in [6.07, 6.45) is 15.6. The summed E-state index contributed by atoms with van der Waals surface area (Å²) in [6.45, 7) is 6.88. The molecule has 0 aromatic heterocycles. The molecule has 1 N–H and O–H groups in total. The topological polar surface area (TPSA) is 21.3 Å². The van der Waals surface area contributed by atoms with E-state index in [0.29, 0.717) is 6.10 Å². The summed E-state index contributed by atoms with van der Waals surface area (Å²) in [5, 5.41) is 3.78. The summed E-state index contributed by atoms with van der Waals surface area (Å²) in [6, 6.07) is 0.767. The summed E-state index contributed by atoms with van der Waals surface area (Å²) in [5.74, 6) is 1.83. The van der Waals surface area contributed by atoms with Gasteiger partial charge in [0, 0.05) is 12.6 Å². The molecule has 0 saturated heterocycles. The predicted molar refractivity (Wildman–Crippen MR) is 90.6 cm³/mol. The Bertz CT molecular complexity index is 260. The quantitative estimate of drug-likeness (QED) is 0.531. The van der Waals surface area contributed by atoms with Crippen LogP contribution >= 0.6 is 0 Å². The fraction of sp³-hybridized carbons (Fsp3) is 1.00. The van der Waals surface area contributed by atoms with Gasteiger partial charge in [-0.1, -0.05) is 46.0 Å². The standard InChI is InChI=1S/C19H37NO/c1-16(2)17-8-6-9-18(13-12-17)20-14-7-15-21-19-10-4-3-5-11-19/h16-20H,3-15H2,1-2H3. The number of nitrogens with one attached hydrogen (secondary N) is 1. The zero-order valence-electron chi connectivity index (χ0n) is 14.4. The number of hydrogen-bond donors (Lipinski definition) is 1. The Kier molecular flexibility index (Phi) is 8.10. The Morgan fingerprint density at radius 3 is 2.48 bits per heavy atom. The third-order valence-electron chi connectivity index (χ3n) is 5.62. The smallest absolute Gasteiger partial charge is 0.0575 e. The van der Waals surface area contributed by atoms with Crippen molar-refractivity contribution in [2.75, 3.05) is 13.2 Å². The molecule has 2 nitrogen and oxygen atoms in total. The van der Waals surface area contributed by atoms with Crippen LogP contribution in [-0.4, -0.2) is 25.3 Å². The maximum Gasteiger partial charge on any atom is 0.0575 e. The third-order valence-corrected chi connectivity index (χ3v) is 5.62. The van der Waals surface area contributed by atoms with E-state index in [1.807, 2.05) is 0 Å². The predicted octanol–water partition coefficient (Wildman–Crippen LogP) is 4.92. The highest BCUT2D eigenvalue weighted by Gasteiger charge is 2.20. The van der Waals surface area contributed by atoms with Gasteiger partial charge in [0.05, 0.1) is 6.10 Å². The maximum absolute atomic E-state index is 6.01. The molecule has 124 valence electrons. The molecule has 0 aromatic rings. The van der Waals surface area contributed by atoms with Gasteiger partial charge in [0.2, 0.25) is 0 Å². The van der Waals surface area contributed by atoms with Gasteiger partial charge in [-0.05, 0) is 56.9 Å². The number of rotatable bonds is 7. The zero-order valence-corrected chi connectivity index (χ0v) is 14.4.